The number of unbranched alkanes of at least 4 members (excludes halogenated alkanes) is 2. The van der Waals surface area contributed by atoms with Gasteiger partial charge >= 0.3 is 6.09 Å². The summed E-state index contributed by atoms with van der Waals surface area (Å²) in [6.45, 7) is 18.4. The van der Waals surface area contributed by atoms with Crippen molar-refractivity contribution in [2.45, 2.75) is 95.5 Å². The third-order valence-corrected chi connectivity index (χ3v) is 9.75. The summed E-state index contributed by atoms with van der Waals surface area (Å²) in [4.78, 5) is 21.4. The number of aliphatic hydroxyl groups is 2. The van der Waals surface area contributed by atoms with Gasteiger partial charge < -0.3 is 38.9 Å². The van der Waals surface area contributed by atoms with Crippen LogP contribution in [0.3, 0.4) is 0 Å². The van der Waals surface area contributed by atoms with Crippen LogP contribution >= 0.6 is 0 Å². The third kappa shape index (κ3) is 9.00. The summed E-state index contributed by atoms with van der Waals surface area (Å²) in [5.74, 6) is -0.257. The molecule has 1 fully saturated rings. The fourth-order valence-electron chi connectivity index (χ4n) is 7.62. The number of carbonyl (C=O) groups excluding carboxylic acids is 1. The lowest BCUT2D eigenvalue weighted by molar-refractivity contribution is -0.253. The molecule has 2 N–H and O–H groups in total. The molecular formula is C40H58N2O8. The van der Waals surface area contributed by atoms with Crippen LogP contribution in [0.1, 0.15) is 83.6 Å². The molecule has 0 aromatic heterocycles. The number of oxime groups is 1. The van der Waals surface area contributed by atoms with Gasteiger partial charge in [-0.3, -0.25) is 0 Å². The molecule has 0 unspecified atom stereocenters. The van der Waals surface area contributed by atoms with E-state index in [1.807, 2.05) is 32.9 Å². The van der Waals surface area contributed by atoms with Crippen LogP contribution in [-0.2, 0) is 14.3 Å². The molecule has 276 valence electrons. The highest BCUT2D eigenvalue weighted by atomic mass is 16.7. The lowest BCUT2D eigenvalue weighted by Gasteiger charge is -2.59. The average Bonchev–Trinajstić information content (AvgIpc) is 3.09. The second-order valence-electron chi connectivity index (χ2n) is 14.4. The van der Waals surface area contributed by atoms with Crippen molar-refractivity contribution in [3.63, 3.8) is 0 Å². The van der Waals surface area contributed by atoms with Gasteiger partial charge in [0.05, 0.1) is 24.8 Å². The van der Waals surface area contributed by atoms with Crippen molar-refractivity contribution in [3.05, 3.63) is 73.4 Å². The fraction of sp³-hybridized carbons (Fsp3) is 0.600. The standard InChI is InChI=1S/C40H58N2O8/c1-8-11-24-47-38(45)42(7)35-27-33(41-50-39(4,5)6)31-25-28(16-12-14-20-43)30(17-13-15-21-44)36-32-26-29(46-22-9-2)18-19-34(32)49-40(35,37(31)36)48-23-10-3/h8-10,18-19,25-26,28,30,35-37,43-44H,1-3,11-17,20-24,27H2,4-7H3/t28-,30+,35-,36+,37+,40+/m0/s1. The first kappa shape index (κ1) is 39.2. The molecule has 4 rings (SSSR count). The molecule has 1 aromatic rings. The van der Waals surface area contributed by atoms with Crippen molar-refractivity contribution in [2.75, 3.05) is 40.1 Å². The number of rotatable bonds is 19. The van der Waals surface area contributed by atoms with Crippen LogP contribution in [0.5, 0.6) is 11.5 Å². The predicted molar refractivity (Wildman–Crippen MR) is 195 cm³/mol. The molecule has 50 heavy (non-hydrogen) atoms. The van der Waals surface area contributed by atoms with Crippen molar-refractivity contribution >= 4 is 11.8 Å². The van der Waals surface area contributed by atoms with Crippen molar-refractivity contribution < 1.29 is 38.8 Å². The van der Waals surface area contributed by atoms with Crippen molar-refractivity contribution in [1.29, 1.82) is 0 Å². The number of hydrogen-bond donors (Lipinski definition) is 2. The Kier molecular flexibility index (Phi) is 14.2. The predicted octanol–water partition coefficient (Wildman–Crippen LogP) is 7.33. The zero-order chi connectivity index (χ0) is 36.3. The van der Waals surface area contributed by atoms with Gasteiger partial charge in [-0.05, 0) is 88.5 Å². The van der Waals surface area contributed by atoms with E-state index in [0.717, 1.165) is 42.5 Å². The highest BCUT2D eigenvalue weighted by Gasteiger charge is 2.65. The minimum Gasteiger partial charge on any atom is -0.490 e. The summed E-state index contributed by atoms with van der Waals surface area (Å²) in [7, 11) is 1.72. The first-order chi connectivity index (χ1) is 24.0. The van der Waals surface area contributed by atoms with E-state index in [1.54, 1.807) is 30.2 Å². The second kappa shape index (κ2) is 18.1. The largest absolute Gasteiger partial charge is 0.490 e. The first-order valence-corrected chi connectivity index (χ1v) is 18.1. The highest BCUT2D eigenvalue weighted by molar-refractivity contribution is 6.02. The summed E-state index contributed by atoms with van der Waals surface area (Å²) in [5.41, 5.74) is 2.15. The molecule has 10 heteroatoms. The maximum atomic E-state index is 13.7. The second-order valence-corrected chi connectivity index (χ2v) is 14.4. The molecule has 0 bridgehead atoms. The van der Waals surface area contributed by atoms with E-state index in [4.69, 9.17) is 28.9 Å². The van der Waals surface area contributed by atoms with E-state index in [2.05, 4.69) is 31.9 Å². The molecule has 1 saturated carbocycles. The van der Waals surface area contributed by atoms with E-state index in [1.165, 1.54) is 0 Å². The Bertz CT molecular complexity index is 1380. The number of ether oxygens (including phenoxy) is 4. The van der Waals surface area contributed by atoms with Crippen LogP contribution in [0.25, 0.3) is 0 Å². The van der Waals surface area contributed by atoms with E-state index in [9.17, 15) is 15.0 Å². The Morgan fingerprint density at radius 1 is 1.06 bits per heavy atom. The number of likely N-dealkylation sites (N-methyl/N-ethyl adjacent to an activating group) is 1. The summed E-state index contributed by atoms with van der Waals surface area (Å²) in [5, 5.41) is 24.3. The molecule has 1 aromatic carbocycles. The number of nitrogens with zero attached hydrogens (tertiary/aromatic N) is 2. The van der Waals surface area contributed by atoms with Gasteiger partial charge in [0.2, 0.25) is 5.79 Å². The number of aliphatic hydroxyl groups excluding tert-OH is 2. The van der Waals surface area contributed by atoms with Crippen LogP contribution in [0.2, 0.25) is 0 Å². The van der Waals surface area contributed by atoms with Gasteiger partial charge in [-0.15, -0.1) is 13.2 Å². The molecule has 1 aliphatic heterocycles. The Labute approximate surface area is 298 Å². The first-order valence-electron chi connectivity index (χ1n) is 18.1. The number of carbonyl (C=O) groups is 1. The fourth-order valence-corrected chi connectivity index (χ4v) is 7.62. The molecule has 6 atom stereocenters. The maximum absolute atomic E-state index is 13.7. The van der Waals surface area contributed by atoms with Gasteiger partial charge in [0.25, 0.3) is 0 Å². The zero-order valence-corrected chi connectivity index (χ0v) is 30.5. The van der Waals surface area contributed by atoms with E-state index < -0.39 is 29.4 Å². The normalized spacial score (nSPS) is 26.1. The quantitative estimate of drug-likeness (QED) is 0.0878. The van der Waals surface area contributed by atoms with Crippen molar-refractivity contribution in [3.8, 4) is 11.5 Å². The van der Waals surface area contributed by atoms with Gasteiger partial charge in [0.15, 0.2) is 0 Å². The topological polar surface area (TPSA) is 119 Å². The van der Waals surface area contributed by atoms with Gasteiger partial charge in [0, 0.05) is 38.2 Å². The number of amides is 1. The number of allylic oxidation sites excluding steroid dienone is 1. The smallest absolute Gasteiger partial charge is 0.409 e. The molecule has 1 amide bonds. The minimum atomic E-state index is -1.33. The summed E-state index contributed by atoms with van der Waals surface area (Å²) < 4.78 is 25.7. The molecule has 0 spiro atoms. The molecule has 0 radical (unpaired) electrons. The SMILES string of the molecule is C=CCCOC(=O)N(C)[C@H]1CC(=NOC(C)(C)C)C2=C[C@H](CCCCO)[C@@H](CCCCO)[C@@H]3c4cc(OCC=C)ccc4O[C@@]1(OCC=C)[C@H]23. The lowest BCUT2D eigenvalue weighted by Crippen LogP contribution is -2.69. The van der Waals surface area contributed by atoms with Crippen LogP contribution in [0.4, 0.5) is 4.79 Å². The van der Waals surface area contributed by atoms with Crippen LogP contribution < -0.4 is 9.47 Å². The van der Waals surface area contributed by atoms with Gasteiger partial charge in [0.1, 0.15) is 29.7 Å². The Morgan fingerprint density at radius 2 is 1.78 bits per heavy atom. The summed E-state index contributed by atoms with van der Waals surface area (Å²) >= 11 is 0. The average molecular weight is 695 g/mol. The van der Waals surface area contributed by atoms with E-state index in [-0.39, 0.29) is 44.2 Å². The monoisotopic (exact) mass is 694 g/mol. The van der Waals surface area contributed by atoms with E-state index >= 15 is 0 Å². The van der Waals surface area contributed by atoms with Gasteiger partial charge in [-0.2, -0.15) is 0 Å². The summed E-state index contributed by atoms with van der Waals surface area (Å²) in [6, 6.07) is 5.23. The molecule has 2 aliphatic carbocycles. The van der Waals surface area contributed by atoms with Crippen molar-refractivity contribution in [2.24, 2.45) is 22.9 Å². The van der Waals surface area contributed by atoms with Gasteiger partial charge in [-0.1, -0.05) is 48.9 Å². The molecule has 10 nitrogen and oxygen atoms in total. The number of fused-ring (bicyclic) bond motifs is 2. The Morgan fingerprint density at radius 3 is 2.44 bits per heavy atom. The minimum absolute atomic E-state index is 0.116. The Hall–Kier alpha value is -3.60. The van der Waals surface area contributed by atoms with Crippen LogP contribution in [0, 0.1) is 17.8 Å². The Balaban J connectivity index is 2.01. The molecule has 3 aliphatic rings. The highest BCUT2D eigenvalue weighted by Crippen LogP contribution is 2.61. The van der Waals surface area contributed by atoms with E-state index in [0.29, 0.717) is 43.8 Å². The molecular weight excluding hydrogens is 636 g/mol. The van der Waals surface area contributed by atoms with Gasteiger partial charge in [-0.25, -0.2) is 4.79 Å². The van der Waals surface area contributed by atoms with Crippen molar-refractivity contribution in [1.82, 2.24) is 4.90 Å². The summed E-state index contributed by atoms with van der Waals surface area (Å²) in [6.07, 6.45) is 12.6. The molecule has 0 saturated heterocycles. The van der Waals surface area contributed by atoms with Crippen LogP contribution in [-0.4, -0.2) is 84.4 Å². The molecule has 1 heterocycles. The zero-order valence-electron chi connectivity index (χ0n) is 30.5. The lowest BCUT2D eigenvalue weighted by atomic mass is 9.55. The maximum Gasteiger partial charge on any atom is 0.409 e. The third-order valence-electron chi connectivity index (χ3n) is 9.75. The number of benzene rings is 1. The number of hydrogen-bond acceptors (Lipinski definition) is 9. The van der Waals surface area contributed by atoms with Crippen LogP contribution in [0.15, 0.2) is 73.0 Å².